The summed E-state index contributed by atoms with van der Waals surface area (Å²) in [6.45, 7) is 8.77. The highest BCUT2D eigenvalue weighted by molar-refractivity contribution is 7.99. The van der Waals surface area contributed by atoms with Crippen molar-refractivity contribution in [1.82, 2.24) is 15.0 Å². The summed E-state index contributed by atoms with van der Waals surface area (Å²) in [6.07, 6.45) is 5.42. The van der Waals surface area contributed by atoms with Gasteiger partial charge in [0.05, 0.1) is 10.9 Å². The Labute approximate surface area is 118 Å². The minimum Gasteiger partial charge on any atom is -0.260 e. The van der Waals surface area contributed by atoms with Gasteiger partial charge in [-0.2, -0.15) is 0 Å². The number of hydrogen-bond donors (Lipinski definition) is 0. The second-order valence-corrected chi connectivity index (χ2v) is 6.82. The minimum absolute atomic E-state index is 0.144. The van der Waals surface area contributed by atoms with Crippen molar-refractivity contribution in [3.63, 3.8) is 0 Å². The topological polar surface area (TPSA) is 38.7 Å². The van der Waals surface area contributed by atoms with Gasteiger partial charge in [-0.1, -0.05) is 32.5 Å². The maximum absolute atomic E-state index is 4.47. The average molecular weight is 273 g/mol. The maximum Gasteiger partial charge on any atom is 0.188 e. The summed E-state index contributed by atoms with van der Waals surface area (Å²) in [5.74, 6) is 0. The van der Waals surface area contributed by atoms with Crippen molar-refractivity contribution in [2.45, 2.75) is 43.5 Å². The fourth-order valence-electron chi connectivity index (χ4n) is 1.70. The number of nitrogens with zero attached hydrogens (tertiary/aromatic N) is 3. The van der Waals surface area contributed by atoms with Crippen molar-refractivity contribution >= 4 is 11.8 Å². The first kappa shape index (κ1) is 14.0. The summed E-state index contributed by atoms with van der Waals surface area (Å²) in [5, 5.41) is 1.03. The molecule has 0 aliphatic heterocycles. The lowest BCUT2D eigenvalue weighted by atomic mass is 9.87. The molecule has 2 aromatic heterocycles. The molecule has 4 heteroatoms. The summed E-state index contributed by atoms with van der Waals surface area (Å²) in [6, 6.07) is 6.09. The third-order valence-electron chi connectivity index (χ3n) is 2.89. The molecule has 0 fully saturated rings. The van der Waals surface area contributed by atoms with Gasteiger partial charge in [0.1, 0.15) is 0 Å². The molecule has 100 valence electrons. The van der Waals surface area contributed by atoms with Crippen molar-refractivity contribution in [3.8, 4) is 0 Å². The molecule has 3 nitrogen and oxygen atoms in total. The van der Waals surface area contributed by atoms with Gasteiger partial charge < -0.3 is 0 Å². The van der Waals surface area contributed by atoms with Gasteiger partial charge in [0, 0.05) is 18.6 Å². The lowest BCUT2D eigenvalue weighted by molar-refractivity contribution is 0.588. The van der Waals surface area contributed by atoms with E-state index < -0.39 is 0 Å². The second kappa shape index (κ2) is 5.70. The van der Waals surface area contributed by atoms with Crippen molar-refractivity contribution in [1.29, 1.82) is 0 Å². The Morgan fingerprint density at radius 2 is 1.74 bits per heavy atom. The molecule has 2 rings (SSSR count). The van der Waals surface area contributed by atoms with Crippen LogP contribution in [0.25, 0.3) is 0 Å². The van der Waals surface area contributed by atoms with Crippen molar-refractivity contribution in [3.05, 3.63) is 48.0 Å². The molecule has 0 aliphatic carbocycles. The monoisotopic (exact) mass is 273 g/mol. The standard InChI is InChI=1S/C15H19N3S/c1-11(19-14-17-7-5-8-18-14)13-10-12(6-9-16-13)15(2,3)4/h5-11H,1-4H3. The molecule has 1 unspecified atom stereocenters. The molecule has 0 spiro atoms. The third-order valence-corrected chi connectivity index (χ3v) is 3.90. The van der Waals surface area contributed by atoms with Gasteiger partial charge >= 0.3 is 0 Å². The van der Waals surface area contributed by atoms with Crippen LogP contribution in [0.4, 0.5) is 0 Å². The molecule has 19 heavy (non-hydrogen) atoms. The predicted molar refractivity (Wildman–Crippen MR) is 79.2 cm³/mol. The van der Waals surface area contributed by atoms with E-state index in [9.17, 15) is 0 Å². The fourth-order valence-corrected chi connectivity index (χ4v) is 2.51. The van der Waals surface area contributed by atoms with Gasteiger partial charge in [-0.25, -0.2) is 9.97 Å². The molecular formula is C15H19N3S. The number of rotatable bonds is 3. The summed E-state index contributed by atoms with van der Waals surface area (Å²) < 4.78 is 0. The highest BCUT2D eigenvalue weighted by atomic mass is 32.2. The van der Waals surface area contributed by atoms with E-state index in [1.54, 1.807) is 24.2 Å². The molecular weight excluding hydrogens is 254 g/mol. The minimum atomic E-state index is 0.144. The Morgan fingerprint density at radius 1 is 1.05 bits per heavy atom. The quantitative estimate of drug-likeness (QED) is 0.625. The van der Waals surface area contributed by atoms with E-state index in [1.807, 2.05) is 12.3 Å². The lowest BCUT2D eigenvalue weighted by Crippen LogP contribution is -2.12. The van der Waals surface area contributed by atoms with E-state index >= 15 is 0 Å². The van der Waals surface area contributed by atoms with E-state index in [4.69, 9.17) is 0 Å². The molecule has 0 bridgehead atoms. The van der Waals surface area contributed by atoms with Crippen LogP contribution in [0, 0.1) is 0 Å². The number of pyridine rings is 1. The summed E-state index contributed by atoms with van der Waals surface area (Å²) >= 11 is 1.63. The van der Waals surface area contributed by atoms with Crippen LogP contribution >= 0.6 is 11.8 Å². The van der Waals surface area contributed by atoms with Crippen LogP contribution in [-0.4, -0.2) is 15.0 Å². The molecule has 2 aromatic rings. The number of thioether (sulfide) groups is 1. The largest absolute Gasteiger partial charge is 0.260 e. The van der Waals surface area contributed by atoms with E-state index in [0.717, 1.165) is 10.9 Å². The highest BCUT2D eigenvalue weighted by Crippen LogP contribution is 2.33. The molecule has 0 N–H and O–H groups in total. The summed E-state index contributed by atoms with van der Waals surface area (Å²) in [7, 11) is 0. The molecule has 2 heterocycles. The fraction of sp³-hybridized carbons (Fsp3) is 0.400. The van der Waals surface area contributed by atoms with Crippen LogP contribution in [0.15, 0.2) is 41.9 Å². The van der Waals surface area contributed by atoms with Crippen LogP contribution in [-0.2, 0) is 5.41 Å². The predicted octanol–water partition coefficient (Wildman–Crippen LogP) is 4.02. The van der Waals surface area contributed by atoms with Crippen LogP contribution < -0.4 is 0 Å². The van der Waals surface area contributed by atoms with E-state index in [1.165, 1.54) is 5.56 Å². The molecule has 0 saturated carbocycles. The Kier molecular flexibility index (Phi) is 4.20. The zero-order valence-electron chi connectivity index (χ0n) is 11.8. The number of hydrogen-bond acceptors (Lipinski definition) is 4. The summed E-state index contributed by atoms with van der Waals surface area (Å²) in [5.41, 5.74) is 2.52. The molecule has 0 radical (unpaired) electrons. The van der Waals surface area contributed by atoms with Crippen LogP contribution in [0.5, 0.6) is 0 Å². The zero-order valence-corrected chi connectivity index (χ0v) is 12.6. The van der Waals surface area contributed by atoms with Crippen LogP contribution in [0.3, 0.4) is 0 Å². The molecule has 0 saturated heterocycles. The van der Waals surface area contributed by atoms with Gasteiger partial charge in [0.15, 0.2) is 5.16 Å². The van der Waals surface area contributed by atoms with Crippen molar-refractivity contribution in [2.24, 2.45) is 0 Å². The maximum atomic E-state index is 4.47. The Bertz CT molecular complexity index is 535. The van der Waals surface area contributed by atoms with Crippen molar-refractivity contribution in [2.75, 3.05) is 0 Å². The average Bonchev–Trinajstić information content (AvgIpc) is 2.39. The van der Waals surface area contributed by atoms with Gasteiger partial charge in [0.25, 0.3) is 0 Å². The third kappa shape index (κ3) is 3.77. The highest BCUT2D eigenvalue weighted by Gasteiger charge is 2.17. The molecule has 1 atom stereocenters. The summed E-state index contributed by atoms with van der Waals surface area (Å²) in [4.78, 5) is 13.0. The molecule has 0 aliphatic rings. The van der Waals surface area contributed by atoms with E-state index in [0.29, 0.717) is 0 Å². The smallest absolute Gasteiger partial charge is 0.188 e. The molecule has 0 aromatic carbocycles. The van der Waals surface area contributed by atoms with E-state index in [-0.39, 0.29) is 10.7 Å². The Morgan fingerprint density at radius 3 is 2.37 bits per heavy atom. The zero-order chi connectivity index (χ0) is 13.9. The lowest BCUT2D eigenvalue weighted by Gasteiger charge is -2.20. The van der Waals surface area contributed by atoms with Crippen LogP contribution in [0.1, 0.15) is 44.2 Å². The second-order valence-electron chi connectivity index (χ2n) is 5.51. The van der Waals surface area contributed by atoms with Gasteiger partial charge in [0.2, 0.25) is 0 Å². The van der Waals surface area contributed by atoms with Gasteiger partial charge in [-0.3, -0.25) is 4.98 Å². The number of aromatic nitrogens is 3. The van der Waals surface area contributed by atoms with Gasteiger partial charge in [-0.05, 0) is 36.1 Å². The normalized spacial score (nSPS) is 13.3. The Hall–Kier alpha value is -1.42. The van der Waals surface area contributed by atoms with Gasteiger partial charge in [-0.15, -0.1) is 0 Å². The van der Waals surface area contributed by atoms with Crippen LogP contribution in [0.2, 0.25) is 0 Å². The Balaban J connectivity index is 2.18. The van der Waals surface area contributed by atoms with E-state index in [2.05, 4.69) is 54.8 Å². The SMILES string of the molecule is CC(Sc1ncccn1)c1cc(C(C)(C)C)ccn1. The molecule has 0 amide bonds. The first-order chi connectivity index (χ1) is 8.97. The first-order valence-corrected chi connectivity index (χ1v) is 7.25. The first-order valence-electron chi connectivity index (χ1n) is 6.37. The van der Waals surface area contributed by atoms with Crippen molar-refractivity contribution < 1.29 is 0 Å².